The van der Waals surface area contributed by atoms with Crippen LogP contribution in [0.25, 0.3) is 11.3 Å². The van der Waals surface area contributed by atoms with Crippen LogP contribution in [0.1, 0.15) is 56.1 Å². The van der Waals surface area contributed by atoms with Gasteiger partial charge in [0.25, 0.3) is 5.91 Å². The van der Waals surface area contributed by atoms with E-state index in [2.05, 4.69) is 10.3 Å². The zero-order chi connectivity index (χ0) is 19.3. The van der Waals surface area contributed by atoms with Crippen LogP contribution >= 0.6 is 11.6 Å². The van der Waals surface area contributed by atoms with Crippen molar-refractivity contribution in [3.05, 3.63) is 52.7 Å². The van der Waals surface area contributed by atoms with Gasteiger partial charge in [-0.25, -0.2) is 4.98 Å². The van der Waals surface area contributed by atoms with Crippen molar-refractivity contribution in [2.75, 3.05) is 0 Å². The molecule has 0 aliphatic rings. The van der Waals surface area contributed by atoms with Gasteiger partial charge in [-0.3, -0.25) is 9.59 Å². The predicted molar refractivity (Wildman–Crippen MR) is 105 cm³/mol. The molecule has 2 rings (SSSR count). The summed E-state index contributed by atoms with van der Waals surface area (Å²) in [5, 5.41) is 3.54. The first-order valence-electron chi connectivity index (χ1n) is 8.96. The third-order valence-corrected chi connectivity index (χ3v) is 5.08. The van der Waals surface area contributed by atoms with Gasteiger partial charge in [0, 0.05) is 17.0 Å². The summed E-state index contributed by atoms with van der Waals surface area (Å²) in [6.07, 6.45) is 1.49. The number of pyridine rings is 1. The van der Waals surface area contributed by atoms with Gasteiger partial charge in [0.2, 0.25) is 0 Å². The summed E-state index contributed by atoms with van der Waals surface area (Å²) in [6, 6.07) is 10.9. The van der Waals surface area contributed by atoms with Crippen LogP contribution in [0.3, 0.4) is 0 Å². The fraction of sp³-hybridized carbons (Fsp3) is 0.381. The van der Waals surface area contributed by atoms with E-state index in [-0.39, 0.29) is 11.7 Å². The fourth-order valence-electron chi connectivity index (χ4n) is 3.09. The zero-order valence-corrected chi connectivity index (χ0v) is 16.5. The van der Waals surface area contributed by atoms with Crippen LogP contribution in [-0.2, 0) is 4.79 Å². The van der Waals surface area contributed by atoms with Crippen molar-refractivity contribution in [3.8, 4) is 11.3 Å². The van der Waals surface area contributed by atoms with Crippen LogP contribution < -0.4 is 5.32 Å². The first kappa shape index (κ1) is 20.1. The Morgan fingerprint density at radius 3 is 2.38 bits per heavy atom. The van der Waals surface area contributed by atoms with E-state index in [0.29, 0.717) is 35.7 Å². The summed E-state index contributed by atoms with van der Waals surface area (Å²) in [7, 11) is 0. The second kappa shape index (κ2) is 8.45. The highest BCUT2D eigenvalue weighted by molar-refractivity contribution is 6.30. The molecule has 138 valence electrons. The quantitative estimate of drug-likeness (QED) is 0.745. The molecule has 1 aromatic heterocycles. The normalized spacial score (nSPS) is 11.3. The van der Waals surface area contributed by atoms with Crippen molar-refractivity contribution < 1.29 is 9.59 Å². The van der Waals surface area contributed by atoms with Crippen LogP contribution in [-0.4, -0.2) is 22.2 Å². The van der Waals surface area contributed by atoms with Gasteiger partial charge >= 0.3 is 0 Å². The van der Waals surface area contributed by atoms with Crippen LogP contribution in [0.2, 0.25) is 5.02 Å². The molecule has 26 heavy (non-hydrogen) atoms. The number of aryl methyl sites for hydroxylation is 1. The number of amides is 1. The Kier molecular flexibility index (Phi) is 6.54. The Morgan fingerprint density at radius 2 is 1.81 bits per heavy atom. The van der Waals surface area contributed by atoms with Crippen molar-refractivity contribution in [1.82, 2.24) is 10.3 Å². The fourth-order valence-corrected chi connectivity index (χ4v) is 3.28. The van der Waals surface area contributed by atoms with E-state index in [1.165, 1.54) is 0 Å². The molecule has 0 radical (unpaired) electrons. The Bertz CT molecular complexity index is 813. The van der Waals surface area contributed by atoms with Crippen molar-refractivity contribution in [2.45, 2.75) is 52.5 Å². The average molecular weight is 373 g/mol. The second-order valence-electron chi connectivity index (χ2n) is 6.39. The van der Waals surface area contributed by atoms with Crippen LogP contribution in [0, 0.1) is 6.92 Å². The molecule has 2 aromatic rings. The Balaban J connectivity index is 2.38. The van der Waals surface area contributed by atoms with E-state index >= 15 is 0 Å². The molecule has 0 fully saturated rings. The highest BCUT2D eigenvalue weighted by Crippen LogP contribution is 2.25. The topological polar surface area (TPSA) is 59.1 Å². The number of halogens is 1. The molecule has 0 saturated heterocycles. The third kappa shape index (κ3) is 4.13. The van der Waals surface area contributed by atoms with E-state index in [4.69, 9.17) is 11.6 Å². The molecule has 0 unspecified atom stereocenters. The molecular formula is C21H25ClN2O2. The maximum Gasteiger partial charge on any atom is 0.270 e. The molecule has 1 aromatic carbocycles. The van der Waals surface area contributed by atoms with Crippen molar-refractivity contribution in [1.29, 1.82) is 0 Å². The summed E-state index contributed by atoms with van der Waals surface area (Å²) in [4.78, 5) is 29.7. The standard InChI is InChI=1S/C21H25ClN2O2/c1-5-18(25)21(6-2,7-3)24-20(26)17-12-11-14(4)19(23-17)15-9-8-10-16(22)13-15/h8-13H,5-7H2,1-4H3,(H,24,26). The second-order valence-corrected chi connectivity index (χ2v) is 6.83. The lowest BCUT2D eigenvalue weighted by molar-refractivity contribution is -0.125. The first-order chi connectivity index (χ1) is 12.4. The van der Waals surface area contributed by atoms with Crippen LogP contribution in [0.15, 0.2) is 36.4 Å². The van der Waals surface area contributed by atoms with Crippen LogP contribution in [0.5, 0.6) is 0 Å². The third-order valence-electron chi connectivity index (χ3n) is 4.84. The molecule has 0 saturated carbocycles. The number of hydrogen-bond acceptors (Lipinski definition) is 3. The maximum atomic E-state index is 12.8. The number of carbonyl (C=O) groups is 2. The van der Waals surface area contributed by atoms with Gasteiger partial charge in [0.15, 0.2) is 5.78 Å². The Hall–Kier alpha value is -2.20. The minimum absolute atomic E-state index is 0.0398. The summed E-state index contributed by atoms with van der Waals surface area (Å²) in [5.74, 6) is -0.295. The molecule has 0 aliphatic carbocycles. The van der Waals surface area contributed by atoms with Gasteiger partial charge in [-0.15, -0.1) is 0 Å². The number of hydrogen-bond donors (Lipinski definition) is 1. The molecular weight excluding hydrogens is 348 g/mol. The summed E-state index contributed by atoms with van der Waals surface area (Å²) >= 11 is 6.08. The van der Waals surface area contributed by atoms with E-state index in [9.17, 15) is 9.59 Å². The van der Waals surface area contributed by atoms with E-state index < -0.39 is 5.54 Å². The number of aromatic nitrogens is 1. The molecule has 4 nitrogen and oxygen atoms in total. The minimum Gasteiger partial charge on any atom is -0.338 e. The van der Waals surface area contributed by atoms with Gasteiger partial charge in [-0.05, 0) is 43.5 Å². The number of Topliss-reactive ketones (excluding diaryl/α,β-unsaturated/α-hetero) is 1. The minimum atomic E-state index is -0.839. The highest BCUT2D eigenvalue weighted by Gasteiger charge is 2.35. The predicted octanol–water partition coefficient (Wildman–Crippen LogP) is 4.98. The molecule has 0 bridgehead atoms. The Labute approximate surface area is 160 Å². The average Bonchev–Trinajstić information content (AvgIpc) is 2.65. The van der Waals surface area contributed by atoms with Crippen molar-refractivity contribution in [2.24, 2.45) is 0 Å². The number of benzene rings is 1. The monoisotopic (exact) mass is 372 g/mol. The molecule has 1 amide bonds. The SMILES string of the molecule is CCC(=O)C(CC)(CC)NC(=O)c1ccc(C)c(-c2cccc(Cl)c2)n1. The summed E-state index contributed by atoms with van der Waals surface area (Å²) in [6.45, 7) is 7.58. The first-order valence-corrected chi connectivity index (χ1v) is 9.34. The maximum absolute atomic E-state index is 12.8. The number of ketones is 1. The van der Waals surface area contributed by atoms with E-state index in [1.807, 2.05) is 52.0 Å². The molecule has 5 heteroatoms. The van der Waals surface area contributed by atoms with Gasteiger partial charge in [0.05, 0.1) is 11.2 Å². The van der Waals surface area contributed by atoms with Crippen molar-refractivity contribution in [3.63, 3.8) is 0 Å². The molecule has 0 spiro atoms. The smallest absolute Gasteiger partial charge is 0.270 e. The lowest BCUT2D eigenvalue weighted by Gasteiger charge is -2.31. The molecule has 1 N–H and O–H groups in total. The largest absolute Gasteiger partial charge is 0.338 e. The molecule has 0 atom stereocenters. The van der Waals surface area contributed by atoms with E-state index in [0.717, 1.165) is 11.1 Å². The molecule has 1 heterocycles. The lowest BCUT2D eigenvalue weighted by Crippen LogP contribution is -2.53. The van der Waals surface area contributed by atoms with Gasteiger partial charge < -0.3 is 5.32 Å². The van der Waals surface area contributed by atoms with Gasteiger partial charge in [0.1, 0.15) is 5.69 Å². The highest BCUT2D eigenvalue weighted by atomic mass is 35.5. The van der Waals surface area contributed by atoms with E-state index in [1.54, 1.807) is 12.1 Å². The van der Waals surface area contributed by atoms with Gasteiger partial charge in [-0.1, -0.05) is 50.6 Å². The van der Waals surface area contributed by atoms with Crippen molar-refractivity contribution >= 4 is 23.3 Å². The number of carbonyl (C=O) groups excluding carboxylic acids is 2. The summed E-state index contributed by atoms with van der Waals surface area (Å²) < 4.78 is 0. The number of nitrogens with one attached hydrogen (secondary N) is 1. The molecule has 0 aliphatic heterocycles. The Morgan fingerprint density at radius 1 is 1.12 bits per heavy atom. The van der Waals surface area contributed by atoms with Crippen LogP contribution in [0.4, 0.5) is 0 Å². The lowest BCUT2D eigenvalue weighted by atomic mass is 9.86. The van der Waals surface area contributed by atoms with Gasteiger partial charge in [-0.2, -0.15) is 0 Å². The number of rotatable bonds is 7. The summed E-state index contributed by atoms with van der Waals surface area (Å²) in [5.41, 5.74) is 1.97. The zero-order valence-electron chi connectivity index (χ0n) is 15.7. The number of nitrogens with zero attached hydrogens (tertiary/aromatic N) is 1.